The van der Waals surface area contributed by atoms with Crippen LogP contribution in [-0.4, -0.2) is 26.5 Å². The van der Waals surface area contributed by atoms with Crippen LogP contribution < -0.4 is 5.73 Å². The summed E-state index contributed by atoms with van der Waals surface area (Å²) in [6.45, 7) is 2.41. The van der Waals surface area contributed by atoms with E-state index in [1.54, 1.807) is 23.1 Å². The van der Waals surface area contributed by atoms with Gasteiger partial charge in [0.15, 0.2) is 0 Å². The molecule has 2 aromatic heterocycles. The van der Waals surface area contributed by atoms with Gasteiger partial charge in [0.05, 0.1) is 18.8 Å². The Kier molecular flexibility index (Phi) is 2.87. The maximum atomic E-state index is 8.84. The lowest BCUT2D eigenvalue weighted by Crippen LogP contribution is -2.07. The predicted molar refractivity (Wildman–Crippen MR) is 61.7 cm³/mol. The zero-order valence-electron chi connectivity index (χ0n) is 9.09. The lowest BCUT2D eigenvalue weighted by atomic mass is 10.2. The summed E-state index contributed by atoms with van der Waals surface area (Å²) in [6, 6.07) is 3.78. The van der Waals surface area contributed by atoms with Crippen molar-refractivity contribution in [2.24, 2.45) is 0 Å². The van der Waals surface area contributed by atoms with E-state index in [-0.39, 0.29) is 6.61 Å². The molecule has 0 saturated heterocycles. The molecule has 0 bridgehead atoms. The number of aryl methyl sites for hydroxylation is 1. The van der Waals surface area contributed by atoms with Gasteiger partial charge in [-0.25, -0.2) is 4.68 Å². The van der Waals surface area contributed by atoms with Crippen LogP contribution in [0.3, 0.4) is 0 Å². The van der Waals surface area contributed by atoms with Crippen molar-refractivity contribution >= 4 is 5.82 Å². The van der Waals surface area contributed by atoms with Crippen LogP contribution in [0.15, 0.2) is 24.5 Å². The molecule has 0 spiro atoms. The second kappa shape index (κ2) is 4.32. The quantitative estimate of drug-likeness (QED) is 0.800. The number of pyridine rings is 1. The molecule has 16 heavy (non-hydrogen) atoms. The molecule has 84 valence electrons. The minimum atomic E-state index is 0.0252. The van der Waals surface area contributed by atoms with Crippen molar-refractivity contribution in [3.63, 3.8) is 0 Å². The van der Waals surface area contributed by atoms with Crippen LogP contribution in [0.2, 0.25) is 0 Å². The van der Waals surface area contributed by atoms with Gasteiger partial charge in [-0.05, 0) is 18.6 Å². The number of aliphatic hydroxyl groups excluding tert-OH is 1. The third-order valence-corrected chi connectivity index (χ3v) is 2.29. The lowest BCUT2D eigenvalue weighted by Gasteiger charge is -1.99. The van der Waals surface area contributed by atoms with Crippen LogP contribution in [0.4, 0.5) is 5.82 Å². The number of hydrogen-bond acceptors (Lipinski definition) is 4. The Morgan fingerprint density at radius 2 is 2.19 bits per heavy atom. The van der Waals surface area contributed by atoms with E-state index in [0.717, 1.165) is 16.8 Å². The number of nitrogen functional groups attached to an aromatic ring is 1. The summed E-state index contributed by atoms with van der Waals surface area (Å²) in [5, 5.41) is 13.1. The van der Waals surface area contributed by atoms with Crippen molar-refractivity contribution in [2.45, 2.75) is 13.5 Å². The Hall–Kier alpha value is -1.88. The van der Waals surface area contributed by atoms with Crippen molar-refractivity contribution in [1.82, 2.24) is 14.8 Å². The normalized spacial score (nSPS) is 10.6. The van der Waals surface area contributed by atoms with Crippen molar-refractivity contribution in [1.29, 1.82) is 0 Å². The summed E-state index contributed by atoms with van der Waals surface area (Å²) in [5.74, 6) is 0.547. The van der Waals surface area contributed by atoms with Gasteiger partial charge in [-0.3, -0.25) is 4.98 Å². The van der Waals surface area contributed by atoms with Crippen LogP contribution in [-0.2, 0) is 6.54 Å². The Bertz CT molecular complexity index is 492. The number of anilines is 1. The molecule has 2 rings (SSSR count). The van der Waals surface area contributed by atoms with Gasteiger partial charge >= 0.3 is 0 Å². The third-order valence-electron chi connectivity index (χ3n) is 2.29. The fourth-order valence-corrected chi connectivity index (χ4v) is 1.54. The van der Waals surface area contributed by atoms with E-state index in [2.05, 4.69) is 10.1 Å². The molecular formula is C11H14N4O. The molecule has 5 nitrogen and oxygen atoms in total. The highest BCUT2D eigenvalue weighted by Gasteiger charge is 2.06. The summed E-state index contributed by atoms with van der Waals surface area (Å²) < 4.78 is 1.58. The first-order valence-corrected chi connectivity index (χ1v) is 5.07. The smallest absolute Gasteiger partial charge is 0.122 e. The molecule has 0 amide bonds. The Morgan fingerprint density at radius 3 is 2.88 bits per heavy atom. The molecule has 2 aromatic rings. The first kappa shape index (κ1) is 10.6. The zero-order valence-corrected chi connectivity index (χ0v) is 9.09. The number of hydrogen-bond donors (Lipinski definition) is 2. The van der Waals surface area contributed by atoms with Crippen LogP contribution in [0.25, 0.3) is 11.3 Å². The summed E-state index contributed by atoms with van der Waals surface area (Å²) in [6.07, 6.45) is 3.54. The van der Waals surface area contributed by atoms with E-state index in [1.165, 1.54) is 0 Å². The largest absolute Gasteiger partial charge is 0.394 e. The standard InChI is InChI=1S/C11H14N4O/c1-8-4-9(7-13-6-8)10-5-11(12)15(14-10)2-3-16/h4-7,16H,2-3,12H2,1H3. The van der Waals surface area contributed by atoms with Crippen LogP contribution in [0.1, 0.15) is 5.56 Å². The van der Waals surface area contributed by atoms with E-state index >= 15 is 0 Å². The van der Waals surface area contributed by atoms with Crippen molar-refractivity contribution in [2.75, 3.05) is 12.3 Å². The molecule has 0 unspecified atom stereocenters. The first-order chi connectivity index (χ1) is 7.70. The molecule has 0 fully saturated rings. The molecule has 5 heteroatoms. The van der Waals surface area contributed by atoms with E-state index in [1.807, 2.05) is 13.0 Å². The van der Waals surface area contributed by atoms with Crippen LogP contribution >= 0.6 is 0 Å². The zero-order chi connectivity index (χ0) is 11.5. The molecule has 0 aliphatic rings. The molecule has 0 aliphatic heterocycles. The van der Waals surface area contributed by atoms with Gasteiger partial charge in [0.1, 0.15) is 5.82 Å². The first-order valence-electron chi connectivity index (χ1n) is 5.07. The van der Waals surface area contributed by atoms with Gasteiger partial charge < -0.3 is 10.8 Å². The molecule has 0 atom stereocenters. The Morgan fingerprint density at radius 1 is 1.38 bits per heavy atom. The summed E-state index contributed by atoms with van der Waals surface area (Å²) in [5.41, 5.74) is 8.56. The van der Waals surface area contributed by atoms with Crippen LogP contribution in [0, 0.1) is 6.92 Å². The van der Waals surface area contributed by atoms with Gasteiger partial charge in [0.25, 0.3) is 0 Å². The van der Waals surface area contributed by atoms with Crippen molar-refractivity contribution < 1.29 is 5.11 Å². The molecule has 2 heterocycles. The maximum Gasteiger partial charge on any atom is 0.122 e. The van der Waals surface area contributed by atoms with Crippen molar-refractivity contribution in [3.05, 3.63) is 30.1 Å². The van der Waals surface area contributed by atoms with Gasteiger partial charge in [0.2, 0.25) is 0 Å². The predicted octanol–water partition coefficient (Wildman–Crippen LogP) is 0.828. The minimum absolute atomic E-state index is 0.0252. The van der Waals surface area contributed by atoms with Gasteiger partial charge in [0, 0.05) is 24.0 Å². The van der Waals surface area contributed by atoms with Crippen LogP contribution in [0.5, 0.6) is 0 Å². The molecule has 0 aromatic carbocycles. The summed E-state index contributed by atoms with van der Waals surface area (Å²) in [4.78, 5) is 4.11. The van der Waals surface area contributed by atoms with E-state index in [9.17, 15) is 0 Å². The topological polar surface area (TPSA) is 77.0 Å². The fourth-order valence-electron chi connectivity index (χ4n) is 1.54. The molecular weight excluding hydrogens is 204 g/mol. The van der Waals surface area contributed by atoms with E-state index in [4.69, 9.17) is 10.8 Å². The van der Waals surface area contributed by atoms with Gasteiger partial charge in [-0.15, -0.1) is 0 Å². The average molecular weight is 218 g/mol. The van der Waals surface area contributed by atoms with Gasteiger partial charge in [-0.1, -0.05) is 0 Å². The number of nitrogens with two attached hydrogens (primary N) is 1. The van der Waals surface area contributed by atoms with E-state index < -0.39 is 0 Å². The molecule has 0 saturated carbocycles. The number of aliphatic hydroxyl groups is 1. The number of nitrogens with zero attached hydrogens (tertiary/aromatic N) is 3. The number of rotatable bonds is 3. The Labute approximate surface area is 93.5 Å². The summed E-state index contributed by atoms with van der Waals surface area (Å²) in [7, 11) is 0. The second-order valence-electron chi connectivity index (χ2n) is 3.65. The van der Waals surface area contributed by atoms with E-state index in [0.29, 0.717) is 12.4 Å². The molecule has 3 N–H and O–H groups in total. The molecule has 0 radical (unpaired) electrons. The summed E-state index contributed by atoms with van der Waals surface area (Å²) >= 11 is 0. The highest BCUT2D eigenvalue weighted by atomic mass is 16.3. The number of aromatic nitrogens is 3. The maximum absolute atomic E-state index is 8.84. The monoisotopic (exact) mass is 218 g/mol. The fraction of sp³-hybridized carbons (Fsp3) is 0.273. The molecule has 0 aliphatic carbocycles. The average Bonchev–Trinajstić information content (AvgIpc) is 2.61. The van der Waals surface area contributed by atoms with Crippen molar-refractivity contribution in [3.8, 4) is 11.3 Å². The highest BCUT2D eigenvalue weighted by molar-refractivity contribution is 5.61. The minimum Gasteiger partial charge on any atom is -0.394 e. The Balaban J connectivity index is 2.37. The SMILES string of the molecule is Cc1cncc(-c2cc(N)n(CCO)n2)c1. The van der Waals surface area contributed by atoms with Gasteiger partial charge in [-0.2, -0.15) is 5.10 Å². The highest BCUT2D eigenvalue weighted by Crippen LogP contribution is 2.20. The lowest BCUT2D eigenvalue weighted by molar-refractivity contribution is 0.270. The second-order valence-corrected chi connectivity index (χ2v) is 3.65. The third kappa shape index (κ3) is 2.04.